The third-order valence-corrected chi connectivity index (χ3v) is 5.58. The Morgan fingerprint density at radius 2 is 2.10 bits per heavy atom. The number of nitrogens with one attached hydrogen (secondary N) is 1. The summed E-state index contributed by atoms with van der Waals surface area (Å²) in [6.45, 7) is 12.8. The van der Waals surface area contributed by atoms with Crippen molar-refractivity contribution in [2.45, 2.75) is 58.7 Å². The highest BCUT2D eigenvalue weighted by atomic mass is 15.3. The third kappa shape index (κ3) is 3.17. The van der Waals surface area contributed by atoms with E-state index in [9.17, 15) is 0 Å². The summed E-state index contributed by atoms with van der Waals surface area (Å²) in [5, 5.41) is 3.82. The maximum Gasteiger partial charge on any atom is 0.0338 e. The van der Waals surface area contributed by atoms with Gasteiger partial charge in [-0.1, -0.05) is 43.7 Å². The van der Waals surface area contributed by atoms with Crippen LogP contribution in [0.25, 0.3) is 0 Å². The SMILES string of the molecule is Cc1cccc(CN2CC(C(C)C)NCC2(C)C2CC2)c1. The zero-order valence-corrected chi connectivity index (χ0v) is 14.0. The van der Waals surface area contributed by atoms with Gasteiger partial charge in [0.05, 0.1) is 0 Å². The van der Waals surface area contributed by atoms with Gasteiger partial charge in [0.2, 0.25) is 0 Å². The van der Waals surface area contributed by atoms with Crippen LogP contribution in [0.1, 0.15) is 44.7 Å². The molecule has 1 heterocycles. The van der Waals surface area contributed by atoms with Crippen molar-refractivity contribution >= 4 is 0 Å². The minimum Gasteiger partial charge on any atom is -0.311 e. The summed E-state index contributed by atoms with van der Waals surface area (Å²) in [6, 6.07) is 9.65. The monoisotopic (exact) mass is 286 g/mol. The van der Waals surface area contributed by atoms with E-state index in [2.05, 4.69) is 62.2 Å². The number of benzene rings is 1. The van der Waals surface area contributed by atoms with Crippen molar-refractivity contribution in [2.75, 3.05) is 13.1 Å². The van der Waals surface area contributed by atoms with E-state index in [-0.39, 0.29) is 0 Å². The topological polar surface area (TPSA) is 15.3 Å². The Kier molecular flexibility index (Phi) is 4.11. The predicted octanol–water partition coefficient (Wildman–Crippen LogP) is 3.59. The number of aryl methyl sites for hydroxylation is 1. The van der Waals surface area contributed by atoms with Crippen LogP contribution in [0.3, 0.4) is 0 Å². The largest absolute Gasteiger partial charge is 0.311 e. The molecular weight excluding hydrogens is 256 g/mol. The molecular formula is C19H30N2. The third-order valence-electron chi connectivity index (χ3n) is 5.58. The van der Waals surface area contributed by atoms with Gasteiger partial charge in [-0.05, 0) is 44.1 Å². The van der Waals surface area contributed by atoms with Gasteiger partial charge in [-0.3, -0.25) is 4.90 Å². The van der Waals surface area contributed by atoms with Crippen LogP contribution in [0, 0.1) is 18.8 Å². The molecule has 2 atom stereocenters. The van der Waals surface area contributed by atoms with Crippen LogP contribution < -0.4 is 5.32 Å². The highest BCUT2D eigenvalue weighted by Gasteiger charge is 2.48. The van der Waals surface area contributed by atoms with E-state index in [4.69, 9.17) is 0 Å². The zero-order chi connectivity index (χ0) is 15.0. The second-order valence-corrected chi connectivity index (χ2v) is 7.73. The molecule has 116 valence electrons. The van der Waals surface area contributed by atoms with E-state index in [1.807, 2.05) is 0 Å². The van der Waals surface area contributed by atoms with Crippen LogP contribution in [0.15, 0.2) is 24.3 Å². The maximum atomic E-state index is 3.82. The number of hydrogen-bond acceptors (Lipinski definition) is 2. The Labute approximate surface area is 129 Å². The second kappa shape index (κ2) is 5.73. The molecule has 3 rings (SSSR count). The fourth-order valence-electron chi connectivity index (χ4n) is 3.79. The molecule has 1 aromatic rings. The molecule has 2 fully saturated rings. The second-order valence-electron chi connectivity index (χ2n) is 7.73. The van der Waals surface area contributed by atoms with Crippen molar-refractivity contribution in [3.63, 3.8) is 0 Å². The van der Waals surface area contributed by atoms with Crippen molar-refractivity contribution in [1.29, 1.82) is 0 Å². The lowest BCUT2D eigenvalue weighted by molar-refractivity contribution is 0.0186. The van der Waals surface area contributed by atoms with Gasteiger partial charge in [0.1, 0.15) is 0 Å². The molecule has 2 unspecified atom stereocenters. The fraction of sp³-hybridized carbons (Fsp3) is 0.684. The molecule has 2 aliphatic rings. The van der Waals surface area contributed by atoms with E-state index >= 15 is 0 Å². The normalized spacial score (nSPS) is 30.8. The Morgan fingerprint density at radius 3 is 2.71 bits per heavy atom. The minimum absolute atomic E-state index is 0.342. The number of hydrogen-bond donors (Lipinski definition) is 1. The first-order valence-corrected chi connectivity index (χ1v) is 8.53. The fourth-order valence-corrected chi connectivity index (χ4v) is 3.79. The van der Waals surface area contributed by atoms with Gasteiger partial charge in [-0.15, -0.1) is 0 Å². The molecule has 1 aromatic carbocycles. The van der Waals surface area contributed by atoms with Crippen LogP contribution in [0.2, 0.25) is 0 Å². The highest BCUT2D eigenvalue weighted by molar-refractivity contribution is 5.23. The first-order valence-electron chi connectivity index (χ1n) is 8.53. The smallest absolute Gasteiger partial charge is 0.0338 e. The molecule has 2 nitrogen and oxygen atoms in total. The van der Waals surface area contributed by atoms with Crippen molar-refractivity contribution in [3.05, 3.63) is 35.4 Å². The van der Waals surface area contributed by atoms with Gasteiger partial charge in [0, 0.05) is 31.2 Å². The Balaban J connectivity index is 1.79. The molecule has 21 heavy (non-hydrogen) atoms. The van der Waals surface area contributed by atoms with Crippen LogP contribution in [-0.4, -0.2) is 29.6 Å². The molecule has 0 aromatic heterocycles. The van der Waals surface area contributed by atoms with Crippen molar-refractivity contribution < 1.29 is 0 Å². The van der Waals surface area contributed by atoms with Crippen LogP contribution in [-0.2, 0) is 6.54 Å². The van der Waals surface area contributed by atoms with Gasteiger partial charge in [0.15, 0.2) is 0 Å². The predicted molar refractivity (Wildman–Crippen MR) is 89.3 cm³/mol. The quantitative estimate of drug-likeness (QED) is 0.910. The van der Waals surface area contributed by atoms with E-state index in [1.54, 1.807) is 0 Å². The molecule has 2 heteroatoms. The van der Waals surface area contributed by atoms with E-state index in [0.717, 1.165) is 19.0 Å². The molecule has 1 aliphatic carbocycles. The molecule has 0 bridgehead atoms. The lowest BCUT2D eigenvalue weighted by Gasteiger charge is -2.49. The highest BCUT2D eigenvalue weighted by Crippen LogP contribution is 2.44. The molecule has 0 radical (unpaired) electrons. The maximum absolute atomic E-state index is 3.82. The lowest BCUT2D eigenvalue weighted by Crippen LogP contribution is -2.65. The Morgan fingerprint density at radius 1 is 1.33 bits per heavy atom. The molecule has 1 saturated heterocycles. The first-order chi connectivity index (χ1) is 9.99. The molecule has 1 saturated carbocycles. The average molecular weight is 286 g/mol. The first kappa shape index (κ1) is 15.1. The van der Waals surface area contributed by atoms with Crippen molar-refractivity contribution in [2.24, 2.45) is 11.8 Å². The summed E-state index contributed by atoms with van der Waals surface area (Å²) < 4.78 is 0. The van der Waals surface area contributed by atoms with Crippen molar-refractivity contribution in [3.8, 4) is 0 Å². The average Bonchev–Trinajstić information content (AvgIpc) is 3.26. The minimum atomic E-state index is 0.342. The van der Waals surface area contributed by atoms with Gasteiger partial charge >= 0.3 is 0 Å². The van der Waals surface area contributed by atoms with E-state index in [1.165, 1.54) is 30.5 Å². The summed E-state index contributed by atoms with van der Waals surface area (Å²) >= 11 is 0. The van der Waals surface area contributed by atoms with Crippen molar-refractivity contribution in [1.82, 2.24) is 10.2 Å². The Hall–Kier alpha value is -0.860. The number of nitrogens with zero attached hydrogens (tertiary/aromatic N) is 1. The summed E-state index contributed by atoms with van der Waals surface area (Å²) in [5.41, 5.74) is 3.18. The van der Waals surface area contributed by atoms with Crippen LogP contribution >= 0.6 is 0 Å². The van der Waals surface area contributed by atoms with Crippen LogP contribution in [0.4, 0.5) is 0 Å². The summed E-state index contributed by atoms with van der Waals surface area (Å²) in [6.07, 6.45) is 2.82. The van der Waals surface area contributed by atoms with Crippen LogP contribution in [0.5, 0.6) is 0 Å². The van der Waals surface area contributed by atoms with E-state index < -0.39 is 0 Å². The van der Waals surface area contributed by atoms with Gasteiger partial charge < -0.3 is 5.32 Å². The lowest BCUT2D eigenvalue weighted by atomic mass is 9.87. The molecule has 0 amide bonds. The standard InChI is InChI=1S/C19H30N2/c1-14(2)18-12-21(11-16-7-5-6-15(3)10-16)19(4,13-20-18)17-8-9-17/h5-7,10,14,17-18,20H,8-9,11-13H2,1-4H3. The molecule has 1 aliphatic heterocycles. The van der Waals surface area contributed by atoms with Gasteiger partial charge in [-0.2, -0.15) is 0 Å². The molecule has 0 spiro atoms. The Bertz CT molecular complexity index is 492. The number of piperazine rings is 1. The summed E-state index contributed by atoms with van der Waals surface area (Å²) in [5.74, 6) is 1.59. The van der Waals surface area contributed by atoms with Gasteiger partial charge in [0.25, 0.3) is 0 Å². The van der Waals surface area contributed by atoms with Gasteiger partial charge in [-0.25, -0.2) is 0 Å². The van der Waals surface area contributed by atoms with E-state index in [0.29, 0.717) is 17.5 Å². The number of rotatable bonds is 4. The summed E-state index contributed by atoms with van der Waals surface area (Å²) in [4.78, 5) is 2.76. The summed E-state index contributed by atoms with van der Waals surface area (Å²) in [7, 11) is 0. The molecule has 1 N–H and O–H groups in total. The zero-order valence-electron chi connectivity index (χ0n) is 14.0.